The highest BCUT2D eigenvalue weighted by Gasteiger charge is 2.04. The molecule has 0 spiro atoms. The van der Waals surface area contributed by atoms with E-state index < -0.39 is 0 Å². The largest absolute Gasteiger partial charge is 0.130 e. The number of hydrogen-bond acceptors (Lipinski definition) is 0. The molecule has 0 aliphatic heterocycles. The van der Waals surface area contributed by atoms with Gasteiger partial charge < -0.3 is 0 Å². The second kappa shape index (κ2) is 2.64. The third-order valence-corrected chi connectivity index (χ3v) is 2.13. The highest BCUT2D eigenvalue weighted by atomic mass is 31.0. The molecule has 0 aromatic carbocycles. The molecule has 0 aromatic heterocycles. The van der Waals surface area contributed by atoms with Crippen LogP contribution in [0, 0.1) is 0 Å². The average molecular weight is 128 g/mol. The Labute approximate surface area is 53.6 Å². The lowest BCUT2D eigenvalue weighted by Gasteiger charge is -2.13. The highest BCUT2D eigenvalue weighted by Crippen LogP contribution is 2.22. The summed E-state index contributed by atoms with van der Waals surface area (Å²) < 4.78 is 0. The van der Waals surface area contributed by atoms with Gasteiger partial charge in [-0.15, -0.1) is 9.24 Å². The Bertz CT molecular complexity index is 105. The summed E-state index contributed by atoms with van der Waals surface area (Å²) in [6.45, 7) is 2.22. The van der Waals surface area contributed by atoms with Crippen molar-refractivity contribution in [1.29, 1.82) is 0 Å². The van der Waals surface area contributed by atoms with E-state index in [1.165, 1.54) is 19.3 Å². The zero-order valence-corrected chi connectivity index (χ0v) is 6.51. The fraction of sp³-hybridized carbons (Fsp3) is 0.714. The van der Waals surface area contributed by atoms with E-state index in [1.807, 2.05) is 0 Å². The maximum Gasteiger partial charge on any atom is -0.00830 e. The van der Waals surface area contributed by atoms with Crippen molar-refractivity contribution in [3.63, 3.8) is 0 Å². The molecule has 0 saturated heterocycles. The van der Waals surface area contributed by atoms with Crippen molar-refractivity contribution in [2.45, 2.75) is 31.8 Å². The van der Waals surface area contributed by atoms with Crippen LogP contribution in [0.3, 0.4) is 0 Å². The van der Waals surface area contributed by atoms with E-state index in [0.29, 0.717) is 0 Å². The van der Waals surface area contributed by atoms with E-state index in [4.69, 9.17) is 0 Å². The summed E-state index contributed by atoms with van der Waals surface area (Å²) in [5, 5.41) is 0. The summed E-state index contributed by atoms with van der Waals surface area (Å²) in [7, 11) is 2.85. The van der Waals surface area contributed by atoms with Crippen LogP contribution < -0.4 is 0 Å². The first-order valence-corrected chi connectivity index (χ1v) is 3.88. The third-order valence-electron chi connectivity index (χ3n) is 1.61. The Balaban J connectivity index is 2.50. The summed E-state index contributed by atoms with van der Waals surface area (Å²) in [4.78, 5) is 0. The summed E-state index contributed by atoms with van der Waals surface area (Å²) >= 11 is 0. The third kappa shape index (κ3) is 1.59. The fourth-order valence-corrected chi connectivity index (χ4v) is 1.71. The zero-order chi connectivity index (χ0) is 5.98. The van der Waals surface area contributed by atoms with Gasteiger partial charge in [-0.3, -0.25) is 0 Å². The van der Waals surface area contributed by atoms with Crippen LogP contribution in [0.4, 0.5) is 0 Å². The normalized spacial score (nSPS) is 29.8. The molecule has 46 valence electrons. The maximum atomic E-state index is 2.85. The van der Waals surface area contributed by atoms with Crippen LogP contribution >= 0.6 is 9.24 Å². The first kappa shape index (κ1) is 6.29. The van der Waals surface area contributed by atoms with Crippen molar-refractivity contribution >= 4 is 9.24 Å². The van der Waals surface area contributed by atoms with E-state index >= 15 is 0 Å². The van der Waals surface area contributed by atoms with Crippen LogP contribution in [-0.2, 0) is 0 Å². The molecule has 0 heterocycles. The van der Waals surface area contributed by atoms with Gasteiger partial charge in [0.2, 0.25) is 0 Å². The van der Waals surface area contributed by atoms with Crippen LogP contribution in [0.25, 0.3) is 0 Å². The maximum absolute atomic E-state index is 2.85. The highest BCUT2D eigenvalue weighted by molar-refractivity contribution is 7.17. The lowest BCUT2D eigenvalue weighted by atomic mass is 10.0. The monoisotopic (exact) mass is 128 g/mol. The Morgan fingerprint density at radius 3 is 2.88 bits per heavy atom. The summed E-state index contributed by atoms with van der Waals surface area (Å²) in [5.74, 6) is 0. The molecule has 0 nitrogen and oxygen atoms in total. The Morgan fingerprint density at radius 1 is 1.75 bits per heavy atom. The molecule has 0 radical (unpaired) electrons. The molecule has 1 aliphatic carbocycles. The van der Waals surface area contributed by atoms with E-state index in [-0.39, 0.29) is 0 Å². The van der Waals surface area contributed by atoms with Crippen molar-refractivity contribution < 1.29 is 0 Å². The van der Waals surface area contributed by atoms with Gasteiger partial charge in [-0.25, -0.2) is 0 Å². The molecular weight excluding hydrogens is 115 g/mol. The molecule has 0 aromatic rings. The molecule has 1 rings (SSSR count). The van der Waals surface area contributed by atoms with Crippen LogP contribution in [0.5, 0.6) is 0 Å². The summed E-state index contributed by atoms with van der Waals surface area (Å²) in [6.07, 6.45) is 6.43. The second-order valence-electron chi connectivity index (χ2n) is 2.57. The van der Waals surface area contributed by atoms with E-state index in [9.17, 15) is 0 Å². The van der Waals surface area contributed by atoms with E-state index in [1.54, 1.807) is 5.57 Å². The lowest BCUT2D eigenvalue weighted by Crippen LogP contribution is -1.99. The van der Waals surface area contributed by atoms with Gasteiger partial charge >= 0.3 is 0 Å². The minimum absolute atomic E-state index is 0.767. The van der Waals surface area contributed by atoms with Crippen LogP contribution in [0.1, 0.15) is 26.2 Å². The molecule has 8 heavy (non-hydrogen) atoms. The Morgan fingerprint density at radius 2 is 2.50 bits per heavy atom. The van der Waals surface area contributed by atoms with Crippen LogP contribution in [-0.4, -0.2) is 5.66 Å². The molecule has 0 saturated carbocycles. The number of allylic oxidation sites excluding steroid dienone is 2. The average Bonchev–Trinajstić information content (AvgIpc) is 1.64. The predicted molar refractivity (Wildman–Crippen MR) is 41.1 cm³/mol. The minimum atomic E-state index is 0.767. The van der Waals surface area contributed by atoms with Gasteiger partial charge in [0.25, 0.3) is 0 Å². The Kier molecular flexibility index (Phi) is 2.08. The summed E-state index contributed by atoms with van der Waals surface area (Å²) in [5.41, 5.74) is 2.33. The summed E-state index contributed by atoms with van der Waals surface area (Å²) in [6, 6.07) is 0. The molecule has 1 aliphatic rings. The minimum Gasteiger partial charge on any atom is -0.130 e. The topological polar surface area (TPSA) is 0 Å². The van der Waals surface area contributed by atoms with Gasteiger partial charge in [-0.2, -0.15) is 0 Å². The van der Waals surface area contributed by atoms with E-state index in [2.05, 4.69) is 22.2 Å². The molecule has 0 amide bonds. The molecule has 2 atom stereocenters. The first-order chi connectivity index (χ1) is 3.79. The smallest absolute Gasteiger partial charge is 0.00830 e. The van der Waals surface area contributed by atoms with Gasteiger partial charge in [-0.1, -0.05) is 11.6 Å². The standard InChI is InChI=1S/C7H13P/c1-6-3-2-4-7(8)5-6/h5,7H,2-4,8H2,1H3/t7-/m1/s1. The van der Waals surface area contributed by atoms with Crippen molar-refractivity contribution in [2.75, 3.05) is 0 Å². The van der Waals surface area contributed by atoms with Crippen LogP contribution in [0.2, 0.25) is 0 Å². The first-order valence-electron chi connectivity index (χ1n) is 3.22. The molecule has 1 unspecified atom stereocenters. The quantitative estimate of drug-likeness (QED) is 0.347. The van der Waals surface area contributed by atoms with Crippen molar-refractivity contribution in [2.24, 2.45) is 0 Å². The predicted octanol–water partition coefficient (Wildman–Crippen LogP) is 2.36. The molecule has 0 bridgehead atoms. The SMILES string of the molecule is CC1=C[C@H](P)CCC1. The van der Waals surface area contributed by atoms with Gasteiger partial charge in [0.15, 0.2) is 0 Å². The van der Waals surface area contributed by atoms with Crippen molar-refractivity contribution in [3.8, 4) is 0 Å². The van der Waals surface area contributed by atoms with Gasteiger partial charge in [0.1, 0.15) is 0 Å². The molecule has 0 N–H and O–H groups in total. The molecule has 0 fully saturated rings. The fourth-order valence-electron chi connectivity index (χ4n) is 1.15. The lowest BCUT2D eigenvalue weighted by molar-refractivity contribution is 0.712. The number of rotatable bonds is 0. The molecule has 1 heteroatoms. The number of hydrogen-bond donors (Lipinski definition) is 0. The van der Waals surface area contributed by atoms with Crippen LogP contribution in [0.15, 0.2) is 11.6 Å². The van der Waals surface area contributed by atoms with Crippen molar-refractivity contribution in [3.05, 3.63) is 11.6 Å². The second-order valence-corrected chi connectivity index (χ2v) is 3.43. The zero-order valence-electron chi connectivity index (χ0n) is 5.35. The van der Waals surface area contributed by atoms with E-state index in [0.717, 1.165) is 5.66 Å². The van der Waals surface area contributed by atoms with Gasteiger partial charge in [-0.05, 0) is 31.8 Å². The van der Waals surface area contributed by atoms with Gasteiger partial charge in [0.05, 0.1) is 0 Å². The Hall–Kier alpha value is 0.170. The van der Waals surface area contributed by atoms with Crippen molar-refractivity contribution in [1.82, 2.24) is 0 Å². The molecular formula is C7H13P. The van der Waals surface area contributed by atoms with Gasteiger partial charge in [0, 0.05) is 0 Å².